The summed E-state index contributed by atoms with van der Waals surface area (Å²) in [6.45, 7) is 8.17. The van der Waals surface area contributed by atoms with Gasteiger partial charge in [0.05, 0.1) is 5.60 Å². The first-order valence-electron chi connectivity index (χ1n) is 7.63. The molecular formula is C15H26NO3PS2. The highest BCUT2D eigenvalue weighted by molar-refractivity contribution is 8.23. The molecule has 7 heteroatoms. The van der Waals surface area contributed by atoms with Gasteiger partial charge in [-0.25, -0.2) is 4.79 Å². The van der Waals surface area contributed by atoms with Crippen LogP contribution in [0.4, 0.5) is 0 Å². The predicted molar refractivity (Wildman–Crippen MR) is 95.5 cm³/mol. The second kappa shape index (κ2) is 8.68. The molecule has 126 valence electrons. The van der Waals surface area contributed by atoms with E-state index in [2.05, 4.69) is 6.92 Å². The summed E-state index contributed by atoms with van der Waals surface area (Å²) in [5, 5.41) is 1.73. The van der Waals surface area contributed by atoms with Gasteiger partial charge in [0, 0.05) is 7.05 Å². The molecular weight excluding hydrogens is 337 g/mol. The van der Waals surface area contributed by atoms with Crippen molar-refractivity contribution in [3.05, 3.63) is 5.76 Å². The third kappa shape index (κ3) is 6.57. The number of likely N-dealkylation sites (N-methyl/N-ethyl adjacent to an activating group) is 1. The molecule has 0 amide bonds. The Labute approximate surface area is 144 Å². The fourth-order valence-corrected chi connectivity index (χ4v) is 3.93. The topological polar surface area (TPSA) is 38.8 Å². The van der Waals surface area contributed by atoms with Crippen molar-refractivity contribution in [2.45, 2.75) is 65.0 Å². The van der Waals surface area contributed by atoms with Gasteiger partial charge in [0.15, 0.2) is 5.94 Å². The summed E-state index contributed by atoms with van der Waals surface area (Å²) < 4.78 is 5.45. The SMILES string of the molecule is CC1CCCC(C(C(=C=O)OP(=S)=S)N(C)OC(C)(C)C)C1. The smallest absolute Gasteiger partial charge is 0.212 e. The molecule has 1 aliphatic rings. The summed E-state index contributed by atoms with van der Waals surface area (Å²) in [5.41, 5.74) is -1.84. The Bertz CT molecular complexity index is 488. The number of hydroxylamine groups is 2. The lowest BCUT2D eigenvalue weighted by atomic mass is 9.78. The molecule has 0 heterocycles. The van der Waals surface area contributed by atoms with Crippen LogP contribution in [0, 0.1) is 11.8 Å². The van der Waals surface area contributed by atoms with E-state index in [0.717, 1.165) is 19.3 Å². The molecule has 0 spiro atoms. The zero-order valence-electron chi connectivity index (χ0n) is 14.0. The minimum absolute atomic E-state index is 0.196. The third-order valence-corrected chi connectivity index (χ3v) is 4.57. The van der Waals surface area contributed by atoms with Crippen LogP contribution in [-0.2, 0) is 37.8 Å². The van der Waals surface area contributed by atoms with Crippen molar-refractivity contribution in [3.8, 4) is 0 Å². The van der Waals surface area contributed by atoms with Crippen LogP contribution in [0.3, 0.4) is 0 Å². The zero-order chi connectivity index (χ0) is 16.9. The number of rotatable bonds is 6. The van der Waals surface area contributed by atoms with E-state index in [0.29, 0.717) is 5.92 Å². The highest BCUT2D eigenvalue weighted by Crippen LogP contribution is 2.36. The fourth-order valence-electron chi connectivity index (χ4n) is 3.15. The molecule has 0 N–H and O–H groups in total. The summed E-state index contributed by atoms with van der Waals surface area (Å²) >= 11 is 9.92. The van der Waals surface area contributed by atoms with Gasteiger partial charge >= 0.3 is 0 Å². The Hall–Kier alpha value is -0.0900. The van der Waals surface area contributed by atoms with E-state index in [1.165, 1.54) is 6.42 Å². The minimum atomic E-state index is -1.48. The number of hydrogen-bond donors (Lipinski definition) is 0. The Kier molecular flexibility index (Phi) is 7.87. The monoisotopic (exact) mass is 363 g/mol. The summed E-state index contributed by atoms with van der Waals surface area (Å²) in [4.78, 5) is 17.4. The molecule has 0 bridgehead atoms. The molecule has 0 aromatic carbocycles. The van der Waals surface area contributed by atoms with Gasteiger partial charge < -0.3 is 4.52 Å². The summed E-state index contributed by atoms with van der Waals surface area (Å²) in [7, 11) is 1.84. The Balaban J connectivity index is 3.05. The van der Waals surface area contributed by atoms with E-state index < -0.39 is 5.70 Å². The molecule has 0 saturated heterocycles. The normalized spacial score (nSPS) is 23.7. The van der Waals surface area contributed by atoms with Crippen molar-refractivity contribution in [1.29, 1.82) is 0 Å². The molecule has 3 atom stereocenters. The van der Waals surface area contributed by atoms with Gasteiger partial charge in [-0.15, -0.1) is 0 Å². The Morgan fingerprint density at radius 3 is 2.45 bits per heavy atom. The number of hydrogen-bond acceptors (Lipinski definition) is 6. The van der Waals surface area contributed by atoms with Crippen LogP contribution in [-0.4, -0.2) is 29.7 Å². The second-order valence-corrected chi connectivity index (χ2v) is 10.3. The second-order valence-electron chi connectivity index (χ2n) is 7.01. The number of nitrogens with zero attached hydrogens (tertiary/aromatic N) is 1. The highest BCUT2D eigenvalue weighted by atomic mass is 32.7. The van der Waals surface area contributed by atoms with E-state index in [-0.39, 0.29) is 23.3 Å². The fraction of sp³-hybridized carbons (Fsp3) is 0.867. The van der Waals surface area contributed by atoms with Crippen LogP contribution in [0.5, 0.6) is 0 Å². The largest absolute Gasteiger partial charge is 0.417 e. The predicted octanol–water partition coefficient (Wildman–Crippen LogP) is 3.90. The molecule has 1 saturated carbocycles. The quantitative estimate of drug-likeness (QED) is 0.308. The van der Waals surface area contributed by atoms with E-state index in [9.17, 15) is 4.79 Å². The first kappa shape index (κ1) is 20.0. The van der Waals surface area contributed by atoms with Gasteiger partial charge in [0.25, 0.3) is 0 Å². The molecule has 1 rings (SSSR count). The van der Waals surface area contributed by atoms with Crippen LogP contribution in [0.25, 0.3) is 0 Å². The maximum absolute atomic E-state index is 11.4. The Morgan fingerprint density at radius 1 is 1.36 bits per heavy atom. The van der Waals surface area contributed by atoms with E-state index in [4.69, 9.17) is 33.0 Å². The molecule has 0 aromatic heterocycles. The van der Waals surface area contributed by atoms with E-state index >= 15 is 0 Å². The lowest BCUT2D eigenvalue weighted by Gasteiger charge is -2.39. The molecule has 0 radical (unpaired) electrons. The molecule has 3 unspecified atom stereocenters. The van der Waals surface area contributed by atoms with Crippen molar-refractivity contribution in [3.63, 3.8) is 0 Å². The highest BCUT2D eigenvalue weighted by Gasteiger charge is 2.36. The molecule has 1 aliphatic carbocycles. The first-order valence-corrected chi connectivity index (χ1v) is 10.9. The van der Waals surface area contributed by atoms with Crippen LogP contribution >= 0.6 is 5.70 Å². The van der Waals surface area contributed by atoms with E-state index in [1.54, 1.807) is 5.06 Å². The average Bonchev–Trinajstić information content (AvgIpc) is 2.35. The van der Waals surface area contributed by atoms with Crippen molar-refractivity contribution < 1.29 is 14.2 Å². The van der Waals surface area contributed by atoms with E-state index in [1.807, 2.05) is 33.8 Å². The maximum atomic E-state index is 11.4. The zero-order valence-corrected chi connectivity index (χ0v) is 16.5. The molecule has 22 heavy (non-hydrogen) atoms. The average molecular weight is 363 g/mol. The lowest BCUT2D eigenvalue weighted by Crippen LogP contribution is -2.45. The maximum Gasteiger partial charge on any atom is 0.212 e. The van der Waals surface area contributed by atoms with Crippen molar-refractivity contribution >= 4 is 35.3 Å². The minimum Gasteiger partial charge on any atom is -0.417 e. The lowest BCUT2D eigenvalue weighted by molar-refractivity contribution is -0.240. The van der Waals surface area contributed by atoms with Crippen LogP contribution in [0.15, 0.2) is 5.76 Å². The van der Waals surface area contributed by atoms with Gasteiger partial charge in [-0.05, 0) is 69.1 Å². The summed E-state index contributed by atoms with van der Waals surface area (Å²) in [6.07, 6.45) is 4.44. The molecule has 1 fully saturated rings. The van der Waals surface area contributed by atoms with Crippen molar-refractivity contribution in [2.24, 2.45) is 11.8 Å². The summed E-state index contributed by atoms with van der Waals surface area (Å²) in [6, 6.07) is -0.282. The van der Waals surface area contributed by atoms with Gasteiger partial charge in [-0.3, -0.25) is 4.84 Å². The van der Waals surface area contributed by atoms with Crippen LogP contribution in [0.1, 0.15) is 53.4 Å². The standard InChI is InChI=1S/C15H26NO3PS2/c1-11-7-6-8-12(9-11)14(13(10-17)18-20(21)22)16(5)19-15(2,3)4/h11-12,14H,6-9H2,1-5H3. The van der Waals surface area contributed by atoms with Gasteiger partial charge in [0.2, 0.25) is 11.5 Å². The Morgan fingerprint density at radius 2 is 2.00 bits per heavy atom. The molecule has 0 aromatic rings. The van der Waals surface area contributed by atoms with Gasteiger partial charge in [0.1, 0.15) is 6.04 Å². The summed E-state index contributed by atoms with van der Waals surface area (Å²) in [5.74, 6) is 3.03. The van der Waals surface area contributed by atoms with Gasteiger partial charge in [-0.2, -0.15) is 5.06 Å². The number of carbonyl (C=O) groups excluding carboxylic acids is 1. The van der Waals surface area contributed by atoms with Crippen LogP contribution in [0.2, 0.25) is 0 Å². The van der Waals surface area contributed by atoms with Crippen LogP contribution < -0.4 is 0 Å². The third-order valence-electron chi connectivity index (χ3n) is 3.78. The van der Waals surface area contributed by atoms with Gasteiger partial charge in [-0.1, -0.05) is 19.8 Å². The van der Waals surface area contributed by atoms with Crippen molar-refractivity contribution in [2.75, 3.05) is 7.05 Å². The molecule has 4 nitrogen and oxygen atoms in total. The first-order chi connectivity index (χ1) is 10.1. The van der Waals surface area contributed by atoms with Crippen molar-refractivity contribution in [1.82, 2.24) is 5.06 Å². The molecule has 0 aliphatic heterocycles.